The van der Waals surface area contributed by atoms with Crippen molar-refractivity contribution in [1.29, 1.82) is 0 Å². The first-order valence-electron chi connectivity index (χ1n) is 7.64. The number of hydrogen-bond acceptors (Lipinski definition) is 5. The van der Waals surface area contributed by atoms with Crippen molar-refractivity contribution >= 4 is 5.95 Å². The Kier molecular flexibility index (Phi) is 4.76. The Balaban J connectivity index is 1.92. The van der Waals surface area contributed by atoms with Crippen molar-refractivity contribution in [1.82, 2.24) is 9.97 Å². The van der Waals surface area contributed by atoms with Crippen LogP contribution in [0.1, 0.15) is 18.5 Å². The minimum Gasteiger partial charge on any atom is -0.439 e. The zero-order valence-corrected chi connectivity index (χ0v) is 13.0. The third-order valence-corrected chi connectivity index (χ3v) is 3.75. The Hall–Kier alpha value is -2.42. The van der Waals surface area contributed by atoms with Gasteiger partial charge in [-0.05, 0) is 25.0 Å². The molecule has 1 aliphatic heterocycles. The first kappa shape index (κ1) is 17.4. The molecule has 1 aromatic carbocycles. The highest BCUT2D eigenvalue weighted by Crippen LogP contribution is 2.33. The average molecular weight is 357 g/mol. The van der Waals surface area contributed by atoms with Gasteiger partial charge in [0.05, 0.1) is 6.10 Å². The fourth-order valence-electron chi connectivity index (χ4n) is 2.47. The molecular weight excluding hydrogens is 342 g/mol. The van der Waals surface area contributed by atoms with Crippen molar-refractivity contribution in [2.45, 2.75) is 25.1 Å². The van der Waals surface area contributed by atoms with E-state index in [1.54, 1.807) is 4.90 Å². The van der Waals surface area contributed by atoms with E-state index >= 15 is 0 Å². The van der Waals surface area contributed by atoms with Crippen molar-refractivity contribution in [3.8, 4) is 11.6 Å². The summed E-state index contributed by atoms with van der Waals surface area (Å²) in [5.74, 6) is -0.998. The lowest BCUT2D eigenvalue weighted by molar-refractivity contribution is -0.141. The standard InChI is InChI=1S/C16H15F4N3O2/c17-10-2-1-3-12(8-10)25-14-9-13(16(18,19)20)21-15(22-14)23-6-4-11(24)5-7-23/h1-3,8-9,11,24H,4-7H2. The highest BCUT2D eigenvalue weighted by Gasteiger charge is 2.35. The first-order chi connectivity index (χ1) is 11.8. The second kappa shape index (κ2) is 6.83. The van der Waals surface area contributed by atoms with Crippen LogP contribution in [0.2, 0.25) is 0 Å². The molecule has 0 aliphatic carbocycles. The number of piperidine rings is 1. The van der Waals surface area contributed by atoms with E-state index in [1.807, 2.05) is 0 Å². The molecule has 5 nitrogen and oxygen atoms in total. The Morgan fingerprint density at radius 1 is 1.12 bits per heavy atom. The van der Waals surface area contributed by atoms with Crippen LogP contribution in [0.5, 0.6) is 11.6 Å². The number of ether oxygens (including phenoxy) is 1. The molecule has 2 heterocycles. The molecule has 2 aromatic rings. The topological polar surface area (TPSA) is 58.5 Å². The monoisotopic (exact) mass is 357 g/mol. The van der Waals surface area contributed by atoms with Crippen LogP contribution in [0.25, 0.3) is 0 Å². The molecule has 9 heteroatoms. The van der Waals surface area contributed by atoms with Crippen LogP contribution in [0.15, 0.2) is 30.3 Å². The summed E-state index contributed by atoms with van der Waals surface area (Å²) in [5, 5.41) is 9.53. The number of aromatic nitrogens is 2. The Morgan fingerprint density at radius 2 is 1.84 bits per heavy atom. The molecule has 134 valence electrons. The molecule has 3 rings (SSSR count). The minimum atomic E-state index is -4.67. The fraction of sp³-hybridized carbons (Fsp3) is 0.375. The molecule has 25 heavy (non-hydrogen) atoms. The minimum absolute atomic E-state index is 0.0341. The second-order valence-corrected chi connectivity index (χ2v) is 5.67. The lowest BCUT2D eigenvalue weighted by Crippen LogP contribution is -2.37. The van der Waals surface area contributed by atoms with Gasteiger partial charge < -0.3 is 14.7 Å². The zero-order valence-electron chi connectivity index (χ0n) is 13.0. The maximum atomic E-state index is 13.2. The van der Waals surface area contributed by atoms with E-state index in [9.17, 15) is 22.7 Å². The predicted octanol–water partition coefficient (Wildman–Crippen LogP) is 3.39. The van der Waals surface area contributed by atoms with Gasteiger partial charge in [-0.2, -0.15) is 18.2 Å². The van der Waals surface area contributed by atoms with Gasteiger partial charge in [-0.25, -0.2) is 9.37 Å². The van der Waals surface area contributed by atoms with Gasteiger partial charge in [-0.15, -0.1) is 0 Å². The molecule has 0 amide bonds. The summed E-state index contributed by atoms with van der Waals surface area (Å²) in [6.07, 6.45) is -4.32. The molecule has 1 fully saturated rings. The summed E-state index contributed by atoms with van der Waals surface area (Å²) in [6, 6.07) is 5.71. The number of rotatable bonds is 3. The van der Waals surface area contributed by atoms with Crippen LogP contribution in [0.3, 0.4) is 0 Å². The summed E-state index contributed by atoms with van der Waals surface area (Å²) in [6.45, 7) is 0.670. The SMILES string of the molecule is OC1CCN(c2nc(Oc3cccc(F)c3)cc(C(F)(F)F)n2)CC1. The van der Waals surface area contributed by atoms with Crippen molar-refractivity contribution in [2.75, 3.05) is 18.0 Å². The normalized spacial score (nSPS) is 16.1. The number of nitrogens with zero attached hydrogens (tertiary/aromatic N) is 3. The molecule has 0 bridgehead atoms. The van der Waals surface area contributed by atoms with Crippen LogP contribution < -0.4 is 9.64 Å². The van der Waals surface area contributed by atoms with Gasteiger partial charge in [0.1, 0.15) is 11.6 Å². The van der Waals surface area contributed by atoms with E-state index in [0.29, 0.717) is 32.0 Å². The van der Waals surface area contributed by atoms with E-state index in [2.05, 4.69) is 9.97 Å². The Labute approximate surface area is 140 Å². The molecule has 0 saturated carbocycles. The largest absolute Gasteiger partial charge is 0.439 e. The molecule has 0 atom stereocenters. The maximum absolute atomic E-state index is 13.2. The second-order valence-electron chi connectivity index (χ2n) is 5.67. The molecule has 1 aromatic heterocycles. The number of anilines is 1. The van der Waals surface area contributed by atoms with E-state index < -0.39 is 23.8 Å². The molecule has 1 N–H and O–H groups in total. The Morgan fingerprint density at radius 3 is 2.48 bits per heavy atom. The number of halogens is 4. The third kappa shape index (κ3) is 4.36. The average Bonchev–Trinajstić information content (AvgIpc) is 2.54. The molecular formula is C16H15F4N3O2. The highest BCUT2D eigenvalue weighted by atomic mass is 19.4. The molecule has 1 aliphatic rings. The zero-order chi connectivity index (χ0) is 18.0. The predicted molar refractivity (Wildman–Crippen MR) is 81.0 cm³/mol. The van der Waals surface area contributed by atoms with Gasteiger partial charge in [0.25, 0.3) is 0 Å². The third-order valence-electron chi connectivity index (χ3n) is 3.75. The van der Waals surface area contributed by atoms with Crippen LogP contribution in [-0.4, -0.2) is 34.3 Å². The van der Waals surface area contributed by atoms with Crippen molar-refractivity contribution in [3.05, 3.63) is 41.8 Å². The fourth-order valence-corrected chi connectivity index (χ4v) is 2.47. The summed E-state index contributed by atoms with van der Waals surface area (Å²) < 4.78 is 57.8. The molecule has 0 spiro atoms. The number of aliphatic hydroxyl groups is 1. The quantitative estimate of drug-likeness (QED) is 0.854. The maximum Gasteiger partial charge on any atom is 0.433 e. The first-order valence-corrected chi connectivity index (χ1v) is 7.64. The van der Waals surface area contributed by atoms with Crippen LogP contribution in [0.4, 0.5) is 23.5 Å². The summed E-state index contributed by atoms with van der Waals surface area (Å²) in [7, 11) is 0. The van der Waals surface area contributed by atoms with E-state index in [1.165, 1.54) is 18.2 Å². The van der Waals surface area contributed by atoms with Crippen LogP contribution in [-0.2, 0) is 6.18 Å². The lowest BCUT2D eigenvalue weighted by atomic mass is 10.1. The van der Waals surface area contributed by atoms with Crippen molar-refractivity contribution in [3.63, 3.8) is 0 Å². The van der Waals surface area contributed by atoms with Gasteiger partial charge >= 0.3 is 6.18 Å². The summed E-state index contributed by atoms with van der Waals surface area (Å²) in [5.41, 5.74) is -1.14. The van der Waals surface area contributed by atoms with Crippen molar-refractivity contribution in [2.24, 2.45) is 0 Å². The van der Waals surface area contributed by atoms with E-state index in [4.69, 9.17) is 4.74 Å². The number of aliphatic hydroxyl groups excluding tert-OH is 1. The van der Waals surface area contributed by atoms with Gasteiger partial charge in [-0.3, -0.25) is 0 Å². The smallest absolute Gasteiger partial charge is 0.433 e. The van der Waals surface area contributed by atoms with E-state index in [0.717, 1.165) is 6.07 Å². The lowest BCUT2D eigenvalue weighted by Gasteiger charge is -2.30. The van der Waals surface area contributed by atoms with Crippen LogP contribution >= 0.6 is 0 Å². The van der Waals surface area contributed by atoms with Gasteiger partial charge in [-0.1, -0.05) is 6.07 Å². The van der Waals surface area contributed by atoms with Gasteiger partial charge in [0.2, 0.25) is 11.8 Å². The number of hydrogen-bond donors (Lipinski definition) is 1. The number of alkyl halides is 3. The molecule has 1 saturated heterocycles. The van der Waals surface area contributed by atoms with Crippen molar-refractivity contribution < 1.29 is 27.4 Å². The summed E-state index contributed by atoms with van der Waals surface area (Å²) in [4.78, 5) is 9.13. The summed E-state index contributed by atoms with van der Waals surface area (Å²) >= 11 is 0. The molecule has 0 radical (unpaired) electrons. The Bertz CT molecular complexity index is 746. The highest BCUT2D eigenvalue weighted by molar-refractivity contribution is 5.38. The van der Waals surface area contributed by atoms with Crippen LogP contribution in [0, 0.1) is 5.82 Å². The van der Waals surface area contributed by atoms with Gasteiger partial charge in [0.15, 0.2) is 5.69 Å². The van der Waals surface area contributed by atoms with Gasteiger partial charge in [0, 0.05) is 25.2 Å². The van der Waals surface area contributed by atoms with E-state index in [-0.39, 0.29) is 17.6 Å². The number of benzene rings is 1. The molecule has 0 unspecified atom stereocenters.